The molecule has 3 rings (SSSR count). The largest absolute Gasteiger partial charge is 0.443 e. The number of hydrogen-bond donors (Lipinski definition) is 1. The van der Waals surface area contributed by atoms with Crippen LogP contribution in [0.15, 0.2) is 53.3 Å². The van der Waals surface area contributed by atoms with E-state index >= 15 is 0 Å². The van der Waals surface area contributed by atoms with Crippen molar-refractivity contribution in [1.29, 1.82) is 5.26 Å². The zero-order valence-electron chi connectivity index (χ0n) is 11.0. The Hall–Kier alpha value is -3.13. The van der Waals surface area contributed by atoms with Gasteiger partial charge in [0.15, 0.2) is 12.0 Å². The van der Waals surface area contributed by atoms with E-state index in [0.717, 1.165) is 11.1 Å². The minimum absolute atomic E-state index is 0.218. The third-order valence-corrected chi connectivity index (χ3v) is 3.10. The third kappa shape index (κ3) is 2.74. The third-order valence-electron chi connectivity index (χ3n) is 3.10. The molecule has 0 radical (unpaired) electrons. The summed E-state index contributed by atoms with van der Waals surface area (Å²) in [6, 6.07) is 14.2. The number of nitrogens with zero attached hydrogens (tertiary/aromatic N) is 2. The van der Waals surface area contributed by atoms with Gasteiger partial charge in [0.1, 0.15) is 5.52 Å². The van der Waals surface area contributed by atoms with Crippen LogP contribution in [0.25, 0.3) is 11.1 Å². The van der Waals surface area contributed by atoms with Crippen molar-refractivity contribution in [1.82, 2.24) is 10.3 Å². The first kappa shape index (κ1) is 12.9. The van der Waals surface area contributed by atoms with E-state index in [9.17, 15) is 4.79 Å². The molecule has 0 fully saturated rings. The molecule has 0 saturated carbocycles. The number of nitriles is 1. The number of oxazole rings is 1. The first-order valence-electron chi connectivity index (χ1n) is 6.37. The highest BCUT2D eigenvalue weighted by molar-refractivity contribution is 5.94. The van der Waals surface area contributed by atoms with Crippen LogP contribution in [0.3, 0.4) is 0 Å². The second kappa shape index (κ2) is 5.47. The van der Waals surface area contributed by atoms with Crippen LogP contribution in [0.2, 0.25) is 0 Å². The molecule has 21 heavy (non-hydrogen) atoms. The van der Waals surface area contributed by atoms with Gasteiger partial charge in [0, 0.05) is 12.1 Å². The Bertz CT molecular complexity index is 846. The smallest absolute Gasteiger partial charge is 0.251 e. The van der Waals surface area contributed by atoms with Crippen LogP contribution < -0.4 is 5.32 Å². The van der Waals surface area contributed by atoms with Crippen molar-refractivity contribution in [2.75, 3.05) is 0 Å². The second-order valence-electron chi connectivity index (χ2n) is 4.53. The van der Waals surface area contributed by atoms with Gasteiger partial charge in [-0.1, -0.05) is 12.1 Å². The Balaban J connectivity index is 1.71. The zero-order valence-corrected chi connectivity index (χ0v) is 11.0. The molecule has 5 nitrogen and oxygen atoms in total. The van der Waals surface area contributed by atoms with Gasteiger partial charge in [-0.3, -0.25) is 4.79 Å². The number of nitrogens with one attached hydrogen (secondary N) is 1. The lowest BCUT2D eigenvalue weighted by molar-refractivity contribution is 0.0951. The summed E-state index contributed by atoms with van der Waals surface area (Å²) in [5.74, 6) is -0.218. The number of rotatable bonds is 3. The molecule has 1 heterocycles. The van der Waals surface area contributed by atoms with Crippen molar-refractivity contribution in [3.05, 3.63) is 65.5 Å². The molecule has 0 atom stereocenters. The van der Waals surface area contributed by atoms with Crippen molar-refractivity contribution in [3.8, 4) is 6.07 Å². The van der Waals surface area contributed by atoms with E-state index in [4.69, 9.17) is 9.68 Å². The molecule has 0 spiro atoms. The predicted octanol–water partition coefficient (Wildman–Crippen LogP) is 2.63. The molecule has 102 valence electrons. The molecule has 3 aromatic rings. The second-order valence-corrected chi connectivity index (χ2v) is 4.53. The number of amides is 1. The van der Waals surface area contributed by atoms with E-state index in [-0.39, 0.29) is 5.91 Å². The highest BCUT2D eigenvalue weighted by Crippen LogP contribution is 2.14. The number of carbonyl (C=O) groups excluding carboxylic acids is 1. The summed E-state index contributed by atoms with van der Waals surface area (Å²) in [7, 11) is 0. The van der Waals surface area contributed by atoms with Crippen LogP contribution in [0.4, 0.5) is 0 Å². The Kier molecular flexibility index (Phi) is 3.36. The molecule has 0 aliphatic carbocycles. The standard InChI is InChI=1S/C16H11N3O2/c17-8-11-2-1-3-13(6-11)16(20)18-9-12-4-5-14-15(7-12)21-10-19-14/h1-7,10H,9H2,(H,18,20). The highest BCUT2D eigenvalue weighted by atomic mass is 16.3. The Morgan fingerprint density at radius 1 is 1.29 bits per heavy atom. The molecule has 0 aliphatic rings. The lowest BCUT2D eigenvalue weighted by atomic mass is 10.1. The monoisotopic (exact) mass is 277 g/mol. The van der Waals surface area contributed by atoms with E-state index < -0.39 is 0 Å². The first-order chi connectivity index (χ1) is 10.3. The van der Waals surface area contributed by atoms with Gasteiger partial charge in [0.05, 0.1) is 11.6 Å². The summed E-state index contributed by atoms with van der Waals surface area (Å²) in [6.07, 6.45) is 1.39. The summed E-state index contributed by atoms with van der Waals surface area (Å²) in [5, 5.41) is 11.6. The molecular formula is C16H11N3O2. The normalized spacial score (nSPS) is 10.2. The number of carbonyl (C=O) groups is 1. The van der Waals surface area contributed by atoms with Crippen LogP contribution in [0.1, 0.15) is 21.5 Å². The molecule has 0 saturated heterocycles. The topological polar surface area (TPSA) is 78.9 Å². The fourth-order valence-electron chi connectivity index (χ4n) is 2.02. The molecule has 0 bridgehead atoms. The van der Waals surface area contributed by atoms with Crippen LogP contribution >= 0.6 is 0 Å². The molecule has 1 amide bonds. The Morgan fingerprint density at radius 3 is 3.05 bits per heavy atom. The fraction of sp³-hybridized carbons (Fsp3) is 0.0625. The average molecular weight is 277 g/mol. The fourth-order valence-corrected chi connectivity index (χ4v) is 2.02. The number of benzene rings is 2. The lowest BCUT2D eigenvalue weighted by Crippen LogP contribution is -2.22. The molecule has 5 heteroatoms. The minimum Gasteiger partial charge on any atom is -0.443 e. The molecule has 2 aromatic carbocycles. The van der Waals surface area contributed by atoms with Gasteiger partial charge in [-0.25, -0.2) is 4.98 Å². The van der Waals surface area contributed by atoms with E-state index in [1.165, 1.54) is 6.39 Å². The summed E-state index contributed by atoms with van der Waals surface area (Å²) >= 11 is 0. The van der Waals surface area contributed by atoms with Gasteiger partial charge in [0.2, 0.25) is 0 Å². The van der Waals surface area contributed by atoms with Gasteiger partial charge in [-0.2, -0.15) is 5.26 Å². The zero-order chi connectivity index (χ0) is 14.7. The number of fused-ring (bicyclic) bond motifs is 1. The van der Waals surface area contributed by atoms with Crippen LogP contribution in [-0.4, -0.2) is 10.9 Å². The maximum Gasteiger partial charge on any atom is 0.251 e. The molecule has 0 aliphatic heterocycles. The van der Waals surface area contributed by atoms with Crippen LogP contribution in [0, 0.1) is 11.3 Å². The van der Waals surface area contributed by atoms with Crippen molar-refractivity contribution in [3.63, 3.8) is 0 Å². The maximum absolute atomic E-state index is 12.0. The molecule has 1 aromatic heterocycles. The predicted molar refractivity (Wildman–Crippen MR) is 76.3 cm³/mol. The SMILES string of the molecule is N#Cc1cccc(C(=O)NCc2ccc3ncoc3c2)c1. The Morgan fingerprint density at radius 2 is 2.19 bits per heavy atom. The minimum atomic E-state index is -0.218. The lowest BCUT2D eigenvalue weighted by Gasteiger charge is -2.05. The van der Waals surface area contributed by atoms with Gasteiger partial charge in [-0.05, 0) is 35.9 Å². The van der Waals surface area contributed by atoms with Gasteiger partial charge in [0.25, 0.3) is 5.91 Å². The molecule has 0 unspecified atom stereocenters. The summed E-state index contributed by atoms with van der Waals surface area (Å²) in [6.45, 7) is 0.381. The van der Waals surface area contributed by atoms with Gasteiger partial charge < -0.3 is 9.73 Å². The average Bonchev–Trinajstić information content (AvgIpc) is 3.00. The first-order valence-corrected chi connectivity index (χ1v) is 6.37. The summed E-state index contributed by atoms with van der Waals surface area (Å²) in [5.41, 5.74) is 3.32. The Labute approximate surface area is 120 Å². The van der Waals surface area contributed by atoms with Crippen molar-refractivity contribution >= 4 is 17.0 Å². The van der Waals surface area contributed by atoms with Crippen molar-refractivity contribution in [2.45, 2.75) is 6.54 Å². The summed E-state index contributed by atoms with van der Waals surface area (Å²) in [4.78, 5) is 16.1. The van der Waals surface area contributed by atoms with Crippen LogP contribution in [0.5, 0.6) is 0 Å². The number of aromatic nitrogens is 1. The summed E-state index contributed by atoms with van der Waals surface area (Å²) < 4.78 is 5.22. The van der Waals surface area contributed by atoms with Crippen LogP contribution in [-0.2, 0) is 6.54 Å². The quantitative estimate of drug-likeness (QED) is 0.798. The van der Waals surface area contributed by atoms with Gasteiger partial charge in [-0.15, -0.1) is 0 Å². The highest BCUT2D eigenvalue weighted by Gasteiger charge is 2.07. The molecular weight excluding hydrogens is 266 g/mol. The van der Waals surface area contributed by atoms with E-state index in [1.54, 1.807) is 24.3 Å². The van der Waals surface area contributed by atoms with E-state index in [0.29, 0.717) is 23.3 Å². The maximum atomic E-state index is 12.0. The van der Waals surface area contributed by atoms with E-state index in [2.05, 4.69) is 10.3 Å². The molecule has 1 N–H and O–H groups in total. The van der Waals surface area contributed by atoms with E-state index in [1.807, 2.05) is 24.3 Å². The van der Waals surface area contributed by atoms with Crippen molar-refractivity contribution < 1.29 is 9.21 Å². The van der Waals surface area contributed by atoms with Crippen molar-refractivity contribution in [2.24, 2.45) is 0 Å². The van der Waals surface area contributed by atoms with Gasteiger partial charge >= 0.3 is 0 Å². The number of hydrogen-bond acceptors (Lipinski definition) is 4.